The molecule has 7 nitrogen and oxygen atoms in total. The first-order valence-corrected chi connectivity index (χ1v) is 20.9. The van der Waals surface area contributed by atoms with Crippen LogP contribution in [0.3, 0.4) is 0 Å². The van der Waals surface area contributed by atoms with E-state index in [-0.39, 0.29) is 5.41 Å². The predicted octanol–water partition coefficient (Wildman–Crippen LogP) is 13.8. The summed E-state index contributed by atoms with van der Waals surface area (Å²) in [4.78, 5) is 5.05. The number of aromatic nitrogens is 6. The molecule has 0 fully saturated rings. The molecule has 4 heterocycles. The number of ether oxygens (including phenoxy) is 1. The molecule has 0 atom stereocenters. The van der Waals surface area contributed by atoms with Crippen LogP contribution < -0.4 is 4.74 Å². The summed E-state index contributed by atoms with van der Waals surface area (Å²) in [5.41, 5.74) is 11.3. The number of aryl methyl sites for hydroxylation is 1. The molecule has 0 N–H and O–H groups in total. The van der Waals surface area contributed by atoms with Crippen LogP contribution in [0.4, 0.5) is 0 Å². The lowest BCUT2D eigenvalue weighted by Gasteiger charge is -2.27. The molecule has 4 aromatic heterocycles. The highest BCUT2D eigenvalue weighted by molar-refractivity contribution is 6.12. The van der Waals surface area contributed by atoms with E-state index in [1.54, 1.807) is 0 Å². The molecular weight excluding hydrogens is 749 g/mol. The SMILES string of the molecule is [2H]C(C)(C)c1cccc2c3cccc(C([2H])(C)C)c3n(-c3ccnc(-n4c5ccccc5c5ccc(Oc6cc(-n7nnc(C)c7C)cc(C(C)(C)c7ccccc7)c6)cc54)c3)c12. The Hall–Kier alpha value is -6.99. The fourth-order valence-corrected chi connectivity index (χ4v) is 9.04. The van der Waals surface area contributed by atoms with Crippen LogP contribution in [0.5, 0.6) is 11.5 Å². The van der Waals surface area contributed by atoms with Crippen molar-refractivity contribution in [3.8, 4) is 28.7 Å². The van der Waals surface area contributed by atoms with E-state index in [0.29, 0.717) is 11.5 Å². The average molecular weight is 801 g/mol. The third-order valence-corrected chi connectivity index (χ3v) is 12.5. The topological polar surface area (TPSA) is 62.7 Å². The van der Waals surface area contributed by atoms with Gasteiger partial charge in [0.25, 0.3) is 0 Å². The highest BCUT2D eigenvalue weighted by Crippen LogP contribution is 2.42. The Balaban J connectivity index is 1.16. The molecule has 0 saturated heterocycles. The van der Waals surface area contributed by atoms with Gasteiger partial charge in [0.05, 0.1) is 44.8 Å². The van der Waals surface area contributed by atoms with Crippen molar-refractivity contribution in [3.63, 3.8) is 0 Å². The maximum absolute atomic E-state index is 9.26. The van der Waals surface area contributed by atoms with Gasteiger partial charge in [0.15, 0.2) is 0 Å². The number of hydrogen-bond donors (Lipinski definition) is 0. The molecule has 10 aromatic rings. The molecule has 0 saturated carbocycles. The van der Waals surface area contributed by atoms with E-state index in [1.165, 1.54) is 5.56 Å². The molecule has 302 valence electrons. The molecule has 10 rings (SSSR count). The summed E-state index contributed by atoms with van der Waals surface area (Å²) < 4.78 is 31.8. The van der Waals surface area contributed by atoms with Gasteiger partial charge in [0, 0.05) is 54.1 Å². The smallest absolute Gasteiger partial charge is 0.139 e. The number of hydrogen-bond acceptors (Lipinski definition) is 4. The largest absolute Gasteiger partial charge is 0.457 e. The van der Waals surface area contributed by atoms with Gasteiger partial charge in [-0.25, -0.2) is 9.67 Å². The monoisotopic (exact) mass is 800 g/mol. The van der Waals surface area contributed by atoms with E-state index in [9.17, 15) is 2.74 Å². The fraction of sp³-hybridized carbons (Fsp3) is 0.204. The fourth-order valence-electron chi connectivity index (χ4n) is 9.04. The zero-order valence-electron chi connectivity index (χ0n) is 37.9. The van der Waals surface area contributed by atoms with E-state index < -0.39 is 11.8 Å². The molecule has 0 spiro atoms. The Labute approximate surface area is 359 Å². The minimum absolute atomic E-state index is 0.337. The zero-order valence-corrected chi connectivity index (χ0v) is 35.9. The van der Waals surface area contributed by atoms with Crippen LogP contribution in [0.15, 0.2) is 146 Å². The predicted molar refractivity (Wildman–Crippen MR) is 251 cm³/mol. The highest BCUT2D eigenvalue weighted by Gasteiger charge is 2.26. The number of para-hydroxylation sites is 3. The van der Waals surface area contributed by atoms with E-state index in [2.05, 4.69) is 136 Å². The summed E-state index contributed by atoms with van der Waals surface area (Å²) in [6, 6.07) is 48.2. The van der Waals surface area contributed by atoms with Crippen molar-refractivity contribution in [1.82, 2.24) is 29.1 Å². The highest BCUT2D eigenvalue weighted by atomic mass is 16.5. The Kier molecular flexibility index (Phi) is 8.61. The minimum atomic E-state index is -0.883. The van der Waals surface area contributed by atoms with Gasteiger partial charge in [0.1, 0.15) is 17.3 Å². The second kappa shape index (κ2) is 14.6. The zero-order chi connectivity index (χ0) is 44.0. The standard InChI is InChI=1S/C54H50N6O/c1-33(2)43-19-14-21-47-48-22-15-20-44(34(3)4)53(48)58(52(43)47)39-26-27-55-51(31-39)59-49-23-13-12-18-45(49)46-25-24-41(32-50(46)59)61-42-29-38(54(7,8)37-16-10-9-11-17-37)28-40(30-42)60-36(6)35(5)56-57-60/h9-34H,1-8H3/i33D,34D. The second-order valence-electron chi connectivity index (χ2n) is 17.1. The van der Waals surface area contributed by atoms with Gasteiger partial charge in [-0.05, 0) is 84.3 Å². The number of rotatable bonds is 9. The third kappa shape index (κ3) is 6.30. The minimum Gasteiger partial charge on any atom is -0.457 e. The van der Waals surface area contributed by atoms with Crippen molar-refractivity contribution in [3.05, 3.63) is 179 Å². The van der Waals surface area contributed by atoms with Gasteiger partial charge in [-0.2, -0.15) is 0 Å². The molecule has 0 amide bonds. The molecule has 6 aromatic carbocycles. The first-order chi connectivity index (χ1) is 30.1. The van der Waals surface area contributed by atoms with E-state index >= 15 is 0 Å². The molecule has 0 aliphatic heterocycles. The van der Waals surface area contributed by atoms with Crippen LogP contribution in [0.25, 0.3) is 60.8 Å². The quantitative estimate of drug-likeness (QED) is 0.146. The summed E-state index contributed by atoms with van der Waals surface area (Å²) in [5.74, 6) is 0.343. The number of pyridine rings is 1. The van der Waals surface area contributed by atoms with Crippen molar-refractivity contribution in [1.29, 1.82) is 0 Å². The maximum atomic E-state index is 9.26. The van der Waals surface area contributed by atoms with Gasteiger partial charge in [-0.1, -0.05) is 132 Å². The first-order valence-electron chi connectivity index (χ1n) is 21.9. The number of fused-ring (bicyclic) bond motifs is 6. The van der Waals surface area contributed by atoms with Crippen molar-refractivity contribution < 1.29 is 7.48 Å². The van der Waals surface area contributed by atoms with Gasteiger partial charge < -0.3 is 9.30 Å². The lowest BCUT2D eigenvalue weighted by molar-refractivity contribution is 0.479. The molecule has 0 unspecified atom stereocenters. The van der Waals surface area contributed by atoms with E-state index in [0.717, 1.165) is 88.9 Å². The summed E-state index contributed by atoms with van der Waals surface area (Å²) in [5, 5.41) is 13.2. The summed E-state index contributed by atoms with van der Waals surface area (Å²) >= 11 is 0. The molecule has 0 bridgehead atoms. The molecule has 61 heavy (non-hydrogen) atoms. The van der Waals surface area contributed by atoms with Gasteiger partial charge in [-0.3, -0.25) is 4.57 Å². The van der Waals surface area contributed by atoms with Crippen LogP contribution in [0, 0.1) is 13.8 Å². The van der Waals surface area contributed by atoms with Crippen LogP contribution >= 0.6 is 0 Å². The Morgan fingerprint density at radius 1 is 0.574 bits per heavy atom. The van der Waals surface area contributed by atoms with Crippen LogP contribution in [-0.4, -0.2) is 29.1 Å². The first kappa shape index (κ1) is 35.9. The Bertz CT molecular complexity index is 3330. The molecule has 0 aliphatic rings. The molecule has 7 heteroatoms. The van der Waals surface area contributed by atoms with Crippen LogP contribution in [0.1, 0.15) is 89.7 Å². The van der Waals surface area contributed by atoms with Gasteiger partial charge in [0.2, 0.25) is 0 Å². The van der Waals surface area contributed by atoms with Gasteiger partial charge in [-0.15, -0.1) is 5.10 Å². The summed E-state index contributed by atoms with van der Waals surface area (Å²) in [7, 11) is 0. The molecular formula is C54H50N6O. The van der Waals surface area contributed by atoms with Crippen molar-refractivity contribution in [2.75, 3.05) is 0 Å². The third-order valence-electron chi connectivity index (χ3n) is 12.5. The second-order valence-corrected chi connectivity index (χ2v) is 17.1. The Morgan fingerprint density at radius 2 is 1.23 bits per heavy atom. The lowest BCUT2D eigenvalue weighted by Crippen LogP contribution is -2.19. The maximum Gasteiger partial charge on any atom is 0.139 e. The van der Waals surface area contributed by atoms with Crippen LogP contribution in [-0.2, 0) is 5.41 Å². The van der Waals surface area contributed by atoms with Crippen molar-refractivity contribution >= 4 is 43.6 Å². The number of nitrogens with zero attached hydrogens (tertiary/aromatic N) is 6. The Morgan fingerprint density at radius 3 is 1.90 bits per heavy atom. The summed E-state index contributed by atoms with van der Waals surface area (Å²) in [6.45, 7) is 16.2. The number of benzene rings is 6. The van der Waals surface area contributed by atoms with Crippen molar-refractivity contribution in [2.24, 2.45) is 0 Å². The molecule has 0 radical (unpaired) electrons. The summed E-state index contributed by atoms with van der Waals surface area (Å²) in [6.07, 6.45) is 1.86. The van der Waals surface area contributed by atoms with E-state index in [1.807, 2.05) is 88.8 Å². The molecule has 0 aliphatic carbocycles. The van der Waals surface area contributed by atoms with Crippen LogP contribution in [0.2, 0.25) is 0 Å². The average Bonchev–Trinajstić information content (AvgIpc) is 3.91. The van der Waals surface area contributed by atoms with Crippen molar-refractivity contribution in [2.45, 2.75) is 72.6 Å². The van der Waals surface area contributed by atoms with E-state index in [4.69, 9.17) is 9.72 Å². The normalized spacial score (nSPS) is 13.0. The lowest BCUT2D eigenvalue weighted by atomic mass is 9.78. The van der Waals surface area contributed by atoms with Gasteiger partial charge >= 0.3 is 0 Å².